The van der Waals surface area contributed by atoms with E-state index in [4.69, 9.17) is 9.47 Å². The van der Waals surface area contributed by atoms with E-state index in [-0.39, 0.29) is 29.5 Å². The minimum absolute atomic E-state index is 0. The molecule has 0 aromatic rings. The van der Waals surface area contributed by atoms with Crippen LogP contribution in [-0.4, -0.2) is 52.0 Å². The van der Waals surface area contributed by atoms with E-state index in [1.807, 2.05) is 0 Å². The standard InChI is InChI=1S/C13H29N3O2.HI/c1-13(2,3)16-12(14-4)15-8-6-7-9-18-11-10-17-5;/h6-11H2,1-5H3,(H2,14,15,16);1H. The highest BCUT2D eigenvalue weighted by Gasteiger charge is 2.10. The summed E-state index contributed by atoms with van der Waals surface area (Å²) in [6.07, 6.45) is 2.11. The number of aliphatic imine (C=N–C) groups is 1. The Bertz CT molecular complexity index is 230. The molecule has 0 unspecified atom stereocenters. The smallest absolute Gasteiger partial charge is 0.191 e. The first-order chi connectivity index (χ1) is 8.49. The molecule has 5 nitrogen and oxygen atoms in total. The lowest BCUT2D eigenvalue weighted by Crippen LogP contribution is -2.47. The molecule has 0 atom stereocenters. The minimum atomic E-state index is 0. The Morgan fingerprint density at radius 3 is 2.32 bits per heavy atom. The predicted molar refractivity (Wildman–Crippen MR) is 91.6 cm³/mol. The summed E-state index contributed by atoms with van der Waals surface area (Å²) in [4.78, 5) is 4.18. The van der Waals surface area contributed by atoms with E-state index in [2.05, 4.69) is 36.4 Å². The Balaban J connectivity index is 0. The van der Waals surface area contributed by atoms with Gasteiger partial charge in [-0.15, -0.1) is 24.0 Å². The van der Waals surface area contributed by atoms with E-state index >= 15 is 0 Å². The van der Waals surface area contributed by atoms with Gasteiger partial charge in [0.25, 0.3) is 0 Å². The lowest BCUT2D eigenvalue weighted by molar-refractivity contribution is 0.0689. The molecule has 0 aromatic carbocycles. The SMILES string of the molecule is CN=C(NCCCCOCCOC)NC(C)(C)C.I. The fourth-order valence-corrected chi connectivity index (χ4v) is 1.31. The van der Waals surface area contributed by atoms with Gasteiger partial charge in [0.2, 0.25) is 0 Å². The molecule has 0 rings (SSSR count). The van der Waals surface area contributed by atoms with Crippen LogP contribution in [0.5, 0.6) is 0 Å². The summed E-state index contributed by atoms with van der Waals surface area (Å²) >= 11 is 0. The van der Waals surface area contributed by atoms with Gasteiger partial charge in [0.1, 0.15) is 0 Å². The van der Waals surface area contributed by atoms with Gasteiger partial charge < -0.3 is 20.1 Å². The summed E-state index contributed by atoms with van der Waals surface area (Å²) < 4.78 is 10.3. The molecule has 0 bridgehead atoms. The second-order valence-electron chi connectivity index (χ2n) is 5.19. The van der Waals surface area contributed by atoms with Crippen LogP contribution in [0.3, 0.4) is 0 Å². The fourth-order valence-electron chi connectivity index (χ4n) is 1.31. The topological polar surface area (TPSA) is 54.9 Å². The summed E-state index contributed by atoms with van der Waals surface area (Å²) in [5.74, 6) is 0.850. The van der Waals surface area contributed by atoms with Crippen LogP contribution in [0.4, 0.5) is 0 Å². The third kappa shape index (κ3) is 15.9. The third-order valence-corrected chi connectivity index (χ3v) is 2.16. The van der Waals surface area contributed by atoms with E-state index in [0.29, 0.717) is 13.2 Å². The van der Waals surface area contributed by atoms with Crippen molar-refractivity contribution in [2.45, 2.75) is 39.2 Å². The summed E-state index contributed by atoms with van der Waals surface area (Å²) in [5, 5.41) is 6.60. The maximum Gasteiger partial charge on any atom is 0.191 e. The first kappa shape index (κ1) is 21.2. The molecule has 0 aliphatic carbocycles. The second-order valence-corrected chi connectivity index (χ2v) is 5.19. The number of hydrogen-bond donors (Lipinski definition) is 2. The number of hydrogen-bond acceptors (Lipinski definition) is 3. The predicted octanol–water partition coefficient (Wildman–Crippen LogP) is 2.01. The maximum absolute atomic E-state index is 5.39. The molecule has 0 saturated carbocycles. The highest BCUT2D eigenvalue weighted by molar-refractivity contribution is 14.0. The van der Waals surface area contributed by atoms with E-state index in [1.54, 1.807) is 14.2 Å². The highest BCUT2D eigenvalue weighted by atomic mass is 127. The molecular formula is C13H30IN3O2. The number of ether oxygens (including phenoxy) is 2. The Hall–Kier alpha value is -0.0800. The van der Waals surface area contributed by atoms with Crippen LogP contribution >= 0.6 is 24.0 Å². The third-order valence-electron chi connectivity index (χ3n) is 2.16. The number of halogens is 1. The van der Waals surface area contributed by atoms with Crippen LogP contribution in [0, 0.1) is 0 Å². The Kier molecular flexibility index (Phi) is 14.4. The number of unbranched alkanes of at least 4 members (excludes halogenated alkanes) is 1. The van der Waals surface area contributed by atoms with Crippen molar-refractivity contribution in [3.63, 3.8) is 0 Å². The zero-order valence-electron chi connectivity index (χ0n) is 12.9. The molecule has 6 heteroatoms. The van der Waals surface area contributed by atoms with Gasteiger partial charge in [-0.25, -0.2) is 0 Å². The molecule has 0 heterocycles. The van der Waals surface area contributed by atoms with Crippen molar-refractivity contribution in [1.29, 1.82) is 0 Å². The molecule has 0 radical (unpaired) electrons. The van der Waals surface area contributed by atoms with Gasteiger partial charge >= 0.3 is 0 Å². The Labute approximate surface area is 134 Å². The van der Waals surface area contributed by atoms with Crippen molar-refractivity contribution < 1.29 is 9.47 Å². The van der Waals surface area contributed by atoms with Crippen molar-refractivity contribution in [3.05, 3.63) is 0 Å². The normalized spacial score (nSPS) is 11.9. The van der Waals surface area contributed by atoms with Crippen LogP contribution in [0.25, 0.3) is 0 Å². The average molecular weight is 387 g/mol. The Morgan fingerprint density at radius 2 is 1.79 bits per heavy atom. The van der Waals surface area contributed by atoms with Crippen LogP contribution < -0.4 is 10.6 Å². The maximum atomic E-state index is 5.39. The van der Waals surface area contributed by atoms with E-state index < -0.39 is 0 Å². The number of methoxy groups -OCH3 is 1. The van der Waals surface area contributed by atoms with Crippen LogP contribution in [-0.2, 0) is 9.47 Å². The molecule has 0 aliphatic rings. The lowest BCUT2D eigenvalue weighted by atomic mass is 10.1. The zero-order valence-corrected chi connectivity index (χ0v) is 15.2. The summed E-state index contributed by atoms with van der Waals surface area (Å²) in [6, 6.07) is 0. The number of guanidine groups is 1. The van der Waals surface area contributed by atoms with Crippen molar-refractivity contribution in [2.75, 3.05) is 40.5 Å². The summed E-state index contributed by atoms with van der Waals surface area (Å²) in [6.45, 7) is 9.38. The van der Waals surface area contributed by atoms with Gasteiger partial charge in [0.05, 0.1) is 13.2 Å². The van der Waals surface area contributed by atoms with Gasteiger partial charge in [0.15, 0.2) is 5.96 Å². The van der Waals surface area contributed by atoms with Gasteiger partial charge in [-0.05, 0) is 33.6 Å². The molecular weight excluding hydrogens is 357 g/mol. The quantitative estimate of drug-likeness (QED) is 0.290. The second kappa shape index (κ2) is 12.9. The minimum Gasteiger partial charge on any atom is -0.382 e. The number of rotatable bonds is 8. The average Bonchev–Trinajstić information content (AvgIpc) is 2.29. The molecule has 0 fully saturated rings. The van der Waals surface area contributed by atoms with Crippen molar-refractivity contribution >= 4 is 29.9 Å². The van der Waals surface area contributed by atoms with Crippen molar-refractivity contribution in [1.82, 2.24) is 10.6 Å². The summed E-state index contributed by atoms with van der Waals surface area (Å²) in [5.41, 5.74) is 0.0328. The monoisotopic (exact) mass is 387 g/mol. The van der Waals surface area contributed by atoms with Crippen LogP contribution in [0.2, 0.25) is 0 Å². The van der Waals surface area contributed by atoms with Crippen molar-refractivity contribution in [3.8, 4) is 0 Å². The molecule has 0 spiro atoms. The molecule has 0 aromatic heterocycles. The molecule has 19 heavy (non-hydrogen) atoms. The van der Waals surface area contributed by atoms with Crippen LogP contribution in [0.15, 0.2) is 4.99 Å². The molecule has 0 aliphatic heterocycles. The zero-order chi connectivity index (χ0) is 13.9. The molecule has 2 N–H and O–H groups in total. The Morgan fingerprint density at radius 1 is 1.11 bits per heavy atom. The van der Waals surface area contributed by atoms with Gasteiger partial charge in [-0.1, -0.05) is 0 Å². The van der Waals surface area contributed by atoms with Gasteiger partial charge in [0, 0.05) is 32.8 Å². The lowest BCUT2D eigenvalue weighted by Gasteiger charge is -2.23. The highest BCUT2D eigenvalue weighted by Crippen LogP contribution is 1.97. The molecule has 0 amide bonds. The van der Waals surface area contributed by atoms with Crippen LogP contribution in [0.1, 0.15) is 33.6 Å². The number of nitrogens with one attached hydrogen (secondary N) is 2. The number of nitrogens with zero attached hydrogens (tertiary/aromatic N) is 1. The molecule has 116 valence electrons. The molecule has 0 saturated heterocycles. The van der Waals surface area contributed by atoms with Gasteiger partial charge in [-0.2, -0.15) is 0 Å². The van der Waals surface area contributed by atoms with Crippen molar-refractivity contribution in [2.24, 2.45) is 4.99 Å². The first-order valence-corrected chi connectivity index (χ1v) is 6.55. The van der Waals surface area contributed by atoms with E-state index in [9.17, 15) is 0 Å². The first-order valence-electron chi connectivity index (χ1n) is 6.55. The fraction of sp³-hybridized carbons (Fsp3) is 0.923. The van der Waals surface area contributed by atoms with E-state index in [1.165, 1.54) is 0 Å². The van der Waals surface area contributed by atoms with Gasteiger partial charge in [-0.3, -0.25) is 4.99 Å². The largest absolute Gasteiger partial charge is 0.382 e. The van der Waals surface area contributed by atoms with E-state index in [0.717, 1.165) is 32.0 Å². The summed E-state index contributed by atoms with van der Waals surface area (Å²) in [7, 11) is 3.47.